The van der Waals surface area contributed by atoms with Crippen molar-refractivity contribution in [2.45, 2.75) is 50.9 Å². The number of carboxylic acids is 4. The molecule has 2 aromatic carbocycles. The highest BCUT2D eigenvalue weighted by Gasteiger charge is 2.23. The number of nitrogens with one attached hydrogen (secondary N) is 3. The summed E-state index contributed by atoms with van der Waals surface area (Å²) < 4.78 is 0. The zero-order valence-electron chi connectivity index (χ0n) is 35.1. The largest absolute Gasteiger partial charge is 0.481 e. The highest BCUT2D eigenvalue weighted by molar-refractivity contribution is 5.97. The van der Waals surface area contributed by atoms with Crippen LogP contribution in [0.15, 0.2) is 65.7 Å². The summed E-state index contributed by atoms with van der Waals surface area (Å²) in [5, 5.41) is 40.5. The van der Waals surface area contributed by atoms with Crippen LogP contribution in [-0.2, 0) is 32.3 Å². The molecule has 0 spiro atoms. The SMILES string of the molecule is CN(Cc1cnc2nc(N)[nH]c(=O)c2n1)c1ccc(C(=O)N[C@@H](CCC(=O)O)C(=O)O)cc1.CN(Cc1cnc2nc(N)nc(N)c2n1)c1ccc(C(=O)N[C@@H](CCC(=O)O)C(=O)O)cc1. The van der Waals surface area contributed by atoms with Crippen molar-refractivity contribution in [2.24, 2.45) is 0 Å². The molecule has 0 radical (unpaired) electrons. The quantitative estimate of drug-likeness (QED) is 0.0552. The summed E-state index contributed by atoms with van der Waals surface area (Å²) in [7, 11) is 3.59. The summed E-state index contributed by atoms with van der Waals surface area (Å²) >= 11 is 0. The molecule has 6 rings (SSSR count). The third kappa shape index (κ3) is 13.0. The Hall–Kier alpha value is -9.10. The second-order valence-corrected chi connectivity index (χ2v) is 14.4. The van der Waals surface area contributed by atoms with Gasteiger partial charge in [-0.25, -0.2) is 29.5 Å². The average molecular weight is 910 g/mol. The first-order valence-corrected chi connectivity index (χ1v) is 19.5. The highest BCUT2D eigenvalue weighted by atomic mass is 16.4. The van der Waals surface area contributed by atoms with Crippen LogP contribution in [0.3, 0.4) is 0 Å². The van der Waals surface area contributed by atoms with Crippen LogP contribution < -0.4 is 43.2 Å². The Morgan fingerprint density at radius 1 is 0.621 bits per heavy atom. The van der Waals surface area contributed by atoms with Gasteiger partial charge in [0, 0.05) is 49.4 Å². The van der Waals surface area contributed by atoms with Gasteiger partial charge in [-0.15, -0.1) is 0 Å². The number of aromatic amines is 1. The molecule has 6 aromatic rings. The van der Waals surface area contributed by atoms with Gasteiger partial charge in [0.15, 0.2) is 28.1 Å². The van der Waals surface area contributed by atoms with Gasteiger partial charge in [0.25, 0.3) is 17.4 Å². The molecule has 0 aliphatic heterocycles. The number of carbonyl (C=O) groups excluding carboxylic acids is 2. The van der Waals surface area contributed by atoms with E-state index in [9.17, 15) is 43.8 Å². The van der Waals surface area contributed by atoms with Gasteiger partial charge >= 0.3 is 23.9 Å². The maximum Gasteiger partial charge on any atom is 0.326 e. The van der Waals surface area contributed by atoms with Crippen LogP contribution in [0.25, 0.3) is 22.3 Å². The van der Waals surface area contributed by atoms with Crippen molar-refractivity contribution in [3.8, 4) is 0 Å². The van der Waals surface area contributed by atoms with E-state index in [0.717, 1.165) is 11.4 Å². The molecule has 0 fully saturated rings. The number of hydrogen-bond acceptors (Lipinski definition) is 19. The molecule has 66 heavy (non-hydrogen) atoms. The number of hydrogen-bond donors (Lipinski definition) is 10. The number of nitrogens with zero attached hydrogens (tertiary/aromatic N) is 9. The first kappa shape index (κ1) is 47.9. The normalized spacial score (nSPS) is 11.7. The van der Waals surface area contributed by atoms with Crippen LogP contribution >= 0.6 is 0 Å². The lowest BCUT2D eigenvalue weighted by atomic mass is 10.1. The lowest BCUT2D eigenvalue weighted by Gasteiger charge is -2.19. The second kappa shape index (κ2) is 21.3. The molecule has 0 saturated heterocycles. The lowest BCUT2D eigenvalue weighted by molar-refractivity contribution is -0.142. The third-order valence-corrected chi connectivity index (χ3v) is 9.43. The topological polar surface area (TPSA) is 415 Å². The van der Waals surface area contributed by atoms with E-state index < -0.39 is 53.3 Å². The van der Waals surface area contributed by atoms with Crippen molar-refractivity contribution < 1.29 is 49.2 Å². The van der Waals surface area contributed by atoms with E-state index in [0.29, 0.717) is 35.6 Å². The molecular formula is C40H43N15O11. The number of anilines is 5. The van der Waals surface area contributed by atoms with Gasteiger partial charge in [0.1, 0.15) is 12.1 Å². The van der Waals surface area contributed by atoms with Crippen molar-refractivity contribution in [1.29, 1.82) is 0 Å². The lowest BCUT2D eigenvalue weighted by Crippen LogP contribution is -2.41. The zero-order valence-corrected chi connectivity index (χ0v) is 35.1. The van der Waals surface area contributed by atoms with E-state index in [1.165, 1.54) is 30.5 Å². The van der Waals surface area contributed by atoms with E-state index in [1.807, 2.05) is 16.8 Å². The Bertz CT molecular complexity index is 2840. The number of rotatable bonds is 18. The van der Waals surface area contributed by atoms with Gasteiger partial charge in [0.2, 0.25) is 11.9 Å². The summed E-state index contributed by atoms with van der Waals surface area (Å²) in [5.74, 6) is -6.05. The first-order valence-electron chi connectivity index (χ1n) is 19.5. The minimum atomic E-state index is -1.31. The van der Waals surface area contributed by atoms with Crippen LogP contribution in [-0.4, -0.2) is 122 Å². The third-order valence-electron chi connectivity index (χ3n) is 9.43. The molecule has 4 aromatic heterocycles. The van der Waals surface area contributed by atoms with Crippen molar-refractivity contribution in [2.75, 3.05) is 41.1 Å². The molecule has 0 aliphatic rings. The smallest absolute Gasteiger partial charge is 0.326 e. The molecule has 13 N–H and O–H groups in total. The van der Waals surface area contributed by atoms with Crippen LogP contribution in [0.4, 0.5) is 29.1 Å². The molecule has 0 saturated carbocycles. The maximum absolute atomic E-state index is 12.4. The number of amides is 2. The highest BCUT2D eigenvalue weighted by Crippen LogP contribution is 2.20. The molecule has 0 unspecified atom stereocenters. The predicted molar refractivity (Wildman–Crippen MR) is 235 cm³/mol. The standard InChI is InChI=1S/C20H22N8O5.C20H21N7O6/c1-28(9-11-8-23-17-15(24-11)16(21)26-20(22)27-17)12-4-2-10(3-5-12)18(31)25-13(19(32)33)6-7-14(29)30;1-27(9-11-8-22-16-15(23-11)18(31)26-20(21)25-16)12-4-2-10(3-5-12)17(30)24-13(19(32)33)6-7-14(28)29/h2-5,8,13H,6-7,9H2,1H3,(H,25,31)(H,29,30)(H,32,33)(H4,21,22,23,26,27);2-5,8,13H,6-7,9H2,1H3,(H,24,30)(H,28,29)(H,32,33)(H3,21,22,25,26,31)/t2*13-/m00/s1. The molecule has 26 heteroatoms. The maximum atomic E-state index is 12.4. The molecule has 0 aliphatic carbocycles. The minimum absolute atomic E-state index is 0.0138. The number of nitrogen functional groups attached to an aromatic ring is 3. The number of nitrogens with two attached hydrogens (primary N) is 3. The van der Waals surface area contributed by atoms with E-state index in [4.69, 9.17) is 27.4 Å². The summed E-state index contributed by atoms with van der Waals surface area (Å²) in [4.78, 5) is 115. The van der Waals surface area contributed by atoms with E-state index >= 15 is 0 Å². The Balaban J connectivity index is 0.000000247. The number of carbonyl (C=O) groups is 6. The van der Waals surface area contributed by atoms with Crippen LogP contribution in [0.2, 0.25) is 0 Å². The zero-order chi connectivity index (χ0) is 48.2. The fourth-order valence-corrected chi connectivity index (χ4v) is 6.04. The average Bonchev–Trinajstić information content (AvgIpc) is 3.26. The van der Waals surface area contributed by atoms with E-state index in [2.05, 4.69) is 50.5 Å². The van der Waals surface area contributed by atoms with E-state index in [-0.39, 0.29) is 65.7 Å². The predicted octanol–water partition coefficient (Wildman–Crippen LogP) is 0.248. The minimum Gasteiger partial charge on any atom is -0.481 e. The van der Waals surface area contributed by atoms with Crippen LogP contribution in [0.5, 0.6) is 0 Å². The molecule has 2 atom stereocenters. The first-order chi connectivity index (χ1) is 31.3. The van der Waals surface area contributed by atoms with Crippen LogP contribution in [0, 0.1) is 0 Å². The number of carboxylic acid groups (broad SMARTS) is 4. The van der Waals surface area contributed by atoms with Crippen molar-refractivity contribution in [1.82, 2.24) is 50.5 Å². The second-order valence-electron chi connectivity index (χ2n) is 14.4. The number of benzene rings is 2. The molecule has 2 amide bonds. The molecule has 0 bridgehead atoms. The summed E-state index contributed by atoms with van der Waals surface area (Å²) in [6, 6.07) is 10.2. The Labute approximate surface area is 372 Å². The number of aliphatic carboxylic acids is 4. The Morgan fingerprint density at radius 3 is 1.47 bits per heavy atom. The van der Waals surface area contributed by atoms with Crippen LogP contribution in [0.1, 0.15) is 57.8 Å². The van der Waals surface area contributed by atoms with Crippen molar-refractivity contribution in [3.05, 3.63) is 93.8 Å². The van der Waals surface area contributed by atoms with Gasteiger partial charge in [-0.1, -0.05) is 0 Å². The summed E-state index contributed by atoms with van der Waals surface area (Å²) in [6.45, 7) is 0.670. The van der Waals surface area contributed by atoms with Gasteiger partial charge in [-0.3, -0.25) is 29.0 Å². The molecule has 344 valence electrons. The van der Waals surface area contributed by atoms with Crippen molar-refractivity contribution in [3.63, 3.8) is 0 Å². The number of H-pyrrole nitrogens is 1. The van der Waals surface area contributed by atoms with Gasteiger partial charge in [-0.05, 0) is 61.4 Å². The summed E-state index contributed by atoms with van der Waals surface area (Å²) in [6.07, 6.45) is 1.84. The van der Waals surface area contributed by atoms with Gasteiger partial charge in [0.05, 0.1) is 36.9 Å². The Kier molecular flexibility index (Phi) is 15.5. The Morgan fingerprint density at radius 2 is 1.05 bits per heavy atom. The molecule has 4 heterocycles. The van der Waals surface area contributed by atoms with E-state index in [1.54, 1.807) is 37.5 Å². The fraction of sp³-hybridized carbons (Fsp3) is 0.250. The molecule has 26 nitrogen and oxygen atoms in total. The fourth-order valence-electron chi connectivity index (χ4n) is 6.04. The summed E-state index contributed by atoms with van der Waals surface area (Å²) in [5.41, 5.74) is 20.3. The van der Waals surface area contributed by atoms with Gasteiger partial charge in [-0.2, -0.15) is 15.0 Å². The monoisotopic (exact) mass is 909 g/mol. The van der Waals surface area contributed by atoms with Gasteiger partial charge < -0.3 is 58.1 Å². The van der Waals surface area contributed by atoms with Crippen molar-refractivity contribution >= 4 is 87.1 Å². The number of aromatic nitrogens is 8. The number of fused-ring (bicyclic) bond motifs is 2. The molecular weight excluding hydrogens is 867 g/mol.